The molecule has 1 aromatic heterocycles. The molecular weight excluding hydrogens is 178 g/mol. The normalized spacial score (nSPS) is 22.9. The summed E-state index contributed by atoms with van der Waals surface area (Å²) in [6.45, 7) is 2.15. The molecule has 0 radical (unpaired) electrons. The van der Waals surface area contributed by atoms with Crippen molar-refractivity contribution < 1.29 is 0 Å². The van der Waals surface area contributed by atoms with Gasteiger partial charge in [-0.25, -0.2) is 0 Å². The van der Waals surface area contributed by atoms with Crippen molar-refractivity contribution in [2.75, 3.05) is 0 Å². The molecule has 2 rings (SSSR count). The number of allylic oxidation sites excluding steroid dienone is 1. The van der Waals surface area contributed by atoms with Gasteiger partial charge in [0.2, 0.25) is 0 Å². The van der Waals surface area contributed by atoms with Crippen LogP contribution in [0.3, 0.4) is 0 Å². The fourth-order valence-corrected chi connectivity index (χ4v) is 2.53. The van der Waals surface area contributed by atoms with Crippen molar-refractivity contribution in [2.24, 2.45) is 5.73 Å². The van der Waals surface area contributed by atoms with Gasteiger partial charge in [-0.05, 0) is 48.8 Å². The average molecular weight is 193 g/mol. The first-order valence-corrected chi connectivity index (χ1v) is 5.65. The summed E-state index contributed by atoms with van der Waals surface area (Å²) >= 11 is 1.82. The fraction of sp³-hybridized carbons (Fsp3) is 0.455. The Morgan fingerprint density at radius 3 is 3.00 bits per heavy atom. The van der Waals surface area contributed by atoms with Crippen LogP contribution in [0.4, 0.5) is 0 Å². The van der Waals surface area contributed by atoms with Crippen molar-refractivity contribution >= 4 is 16.9 Å². The Hall–Kier alpha value is -0.600. The Labute approximate surface area is 83.3 Å². The summed E-state index contributed by atoms with van der Waals surface area (Å²) in [5.41, 5.74) is 8.73. The van der Waals surface area contributed by atoms with Gasteiger partial charge in [-0.15, -0.1) is 11.3 Å². The van der Waals surface area contributed by atoms with E-state index in [1.165, 1.54) is 28.9 Å². The van der Waals surface area contributed by atoms with Gasteiger partial charge in [-0.3, -0.25) is 0 Å². The van der Waals surface area contributed by atoms with Gasteiger partial charge in [-0.2, -0.15) is 0 Å². The van der Waals surface area contributed by atoms with Gasteiger partial charge in [0.25, 0.3) is 0 Å². The lowest BCUT2D eigenvalue weighted by Crippen LogP contribution is -2.19. The molecule has 0 spiro atoms. The van der Waals surface area contributed by atoms with Gasteiger partial charge >= 0.3 is 0 Å². The molecule has 1 atom stereocenters. The summed E-state index contributed by atoms with van der Waals surface area (Å²) in [6.07, 6.45) is 5.81. The molecule has 1 nitrogen and oxygen atoms in total. The van der Waals surface area contributed by atoms with Crippen molar-refractivity contribution in [2.45, 2.75) is 32.2 Å². The van der Waals surface area contributed by atoms with Crippen molar-refractivity contribution in [3.63, 3.8) is 0 Å². The maximum absolute atomic E-state index is 5.90. The van der Waals surface area contributed by atoms with Crippen LogP contribution in [0.15, 0.2) is 17.5 Å². The molecule has 1 aromatic rings. The molecule has 0 amide bonds. The second-order valence-electron chi connectivity index (χ2n) is 3.69. The highest BCUT2D eigenvalue weighted by atomic mass is 32.1. The van der Waals surface area contributed by atoms with E-state index in [2.05, 4.69) is 24.4 Å². The zero-order chi connectivity index (χ0) is 9.26. The van der Waals surface area contributed by atoms with Crippen LogP contribution in [0.5, 0.6) is 0 Å². The van der Waals surface area contributed by atoms with Gasteiger partial charge in [0.1, 0.15) is 0 Å². The summed E-state index contributed by atoms with van der Waals surface area (Å²) in [5.74, 6) is 0. The first-order chi connectivity index (χ1) is 6.25. The zero-order valence-corrected chi connectivity index (χ0v) is 8.73. The quantitative estimate of drug-likeness (QED) is 0.729. The van der Waals surface area contributed by atoms with Crippen LogP contribution in [0.2, 0.25) is 0 Å². The third-order valence-corrected chi connectivity index (χ3v) is 3.36. The van der Waals surface area contributed by atoms with E-state index in [1.54, 1.807) is 0 Å². The monoisotopic (exact) mass is 193 g/mol. The second-order valence-corrected chi connectivity index (χ2v) is 4.81. The fourth-order valence-electron chi connectivity index (χ4n) is 1.81. The Bertz CT molecular complexity index is 325. The van der Waals surface area contributed by atoms with E-state index in [-0.39, 0.29) is 6.04 Å². The number of thiophene rings is 1. The molecule has 70 valence electrons. The van der Waals surface area contributed by atoms with E-state index >= 15 is 0 Å². The number of hydrogen-bond donors (Lipinski definition) is 1. The van der Waals surface area contributed by atoms with Crippen LogP contribution in [-0.4, -0.2) is 6.04 Å². The molecule has 0 aromatic carbocycles. The molecular formula is C11H15NS. The molecule has 1 aliphatic carbocycles. The number of rotatable bonds is 1. The predicted molar refractivity (Wildman–Crippen MR) is 58.9 cm³/mol. The molecule has 1 aliphatic rings. The van der Waals surface area contributed by atoms with Gasteiger partial charge in [0, 0.05) is 10.9 Å². The Morgan fingerprint density at radius 2 is 2.38 bits per heavy atom. The third-order valence-electron chi connectivity index (χ3n) is 2.50. The van der Waals surface area contributed by atoms with Crippen LogP contribution >= 0.6 is 11.3 Å². The Balaban J connectivity index is 2.25. The van der Waals surface area contributed by atoms with Gasteiger partial charge in [0.15, 0.2) is 0 Å². The third kappa shape index (κ3) is 2.01. The zero-order valence-electron chi connectivity index (χ0n) is 7.92. The molecule has 1 unspecified atom stereocenters. The van der Waals surface area contributed by atoms with Crippen LogP contribution in [0.1, 0.15) is 29.7 Å². The number of hydrogen-bond acceptors (Lipinski definition) is 2. The van der Waals surface area contributed by atoms with Gasteiger partial charge < -0.3 is 5.73 Å². The summed E-state index contributed by atoms with van der Waals surface area (Å²) in [4.78, 5) is 1.38. The first kappa shape index (κ1) is 8.97. The van der Waals surface area contributed by atoms with E-state index in [0.29, 0.717) is 0 Å². The van der Waals surface area contributed by atoms with Gasteiger partial charge in [0.05, 0.1) is 0 Å². The summed E-state index contributed by atoms with van der Waals surface area (Å²) in [5, 5.41) is 2.24. The van der Waals surface area contributed by atoms with E-state index < -0.39 is 0 Å². The largest absolute Gasteiger partial charge is 0.324 e. The van der Waals surface area contributed by atoms with Crippen molar-refractivity contribution in [3.8, 4) is 0 Å². The van der Waals surface area contributed by atoms with Crippen LogP contribution in [0.25, 0.3) is 5.57 Å². The Morgan fingerprint density at radius 1 is 1.54 bits per heavy atom. The number of nitrogens with two attached hydrogens (primary N) is 1. The van der Waals surface area contributed by atoms with Crippen molar-refractivity contribution in [1.29, 1.82) is 0 Å². The molecule has 0 bridgehead atoms. The topological polar surface area (TPSA) is 26.0 Å². The molecule has 0 saturated heterocycles. The standard InChI is InChI=1S/C11H15NS/c1-8-5-10(7-13-8)9-3-2-4-11(12)6-9/h5-7,11H,2-4,12H2,1H3. The molecule has 0 aliphatic heterocycles. The smallest absolute Gasteiger partial charge is 0.0229 e. The van der Waals surface area contributed by atoms with E-state index in [4.69, 9.17) is 5.73 Å². The lowest BCUT2D eigenvalue weighted by molar-refractivity contribution is 0.654. The summed E-state index contributed by atoms with van der Waals surface area (Å²) < 4.78 is 0. The highest BCUT2D eigenvalue weighted by Gasteiger charge is 2.11. The van der Waals surface area contributed by atoms with Crippen molar-refractivity contribution in [3.05, 3.63) is 28.0 Å². The first-order valence-electron chi connectivity index (χ1n) is 4.77. The van der Waals surface area contributed by atoms with Crippen LogP contribution < -0.4 is 5.73 Å². The maximum Gasteiger partial charge on any atom is 0.0229 e. The minimum atomic E-state index is 0.281. The number of aryl methyl sites for hydroxylation is 1. The molecule has 1 heterocycles. The lowest BCUT2D eigenvalue weighted by Gasteiger charge is -2.16. The molecule has 0 fully saturated rings. The van der Waals surface area contributed by atoms with E-state index in [9.17, 15) is 0 Å². The highest BCUT2D eigenvalue weighted by Crippen LogP contribution is 2.29. The van der Waals surface area contributed by atoms with Crippen molar-refractivity contribution in [1.82, 2.24) is 0 Å². The Kier molecular flexibility index (Phi) is 2.51. The highest BCUT2D eigenvalue weighted by molar-refractivity contribution is 7.10. The second kappa shape index (κ2) is 3.64. The molecule has 2 heteroatoms. The minimum absolute atomic E-state index is 0.281. The molecule has 2 N–H and O–H groups in total. The summed E-state index contributed by atoms with van der Waals surface area (Å²) in [6, 6.07) is 2.54. The van der Waals surface area contributed by atoms with Crippen LogP contribution in [-0.2, 0) is 0 Å². The SMILES string of the molecule is Cc1cc(C2=CC(N)CCC2)cs1. The van der Waals surface area contributed by atoms with Crippen LogP contribution in [0, 0.1) is 6.92 Å². The average Bonchev–Trinajstić information content (AvgIpc) is 2.52. The molecule has 13 heavy (non-hydrogen) atoms. The molecule has 0 saturated carbocycles. The van der Waals surface area contributed by atoms with Gasteiger partial charge in [-0.1, -0.05) is 6.08 Å². The summed E-state index contributed by atoms with van der Waals surface area (Å²) in [7, 11) is 0. The van der Waals surface area contributed by atoms with E-state index in [0.717, 1.165) is 6.42 Å². The minimum Gasteiger partial charge on any atom is -0.324 e. The predicted octanol–water partition coefficient (Wildman–Crippen LogP) is 2.95. The van der Waals surface area contributed by atoms with E-state index in [1.807, 2.05) is 11.3 Å². The lowest BCUT2D eigenvalue weighted by atomic mass is 9.93. The maximum atomic E-state index is 5.90.